The Morgan fingerprint density at radius 3 is 2.17 bits per heavy atom. The van der Waals surface area contributed by atoms with E-state index in [1.165, 1.54) is 0 Å². The van der Waals surface area contributed by atoms with E-state index in [4.69, 9.17) is 0 Å². The minimum absolute atomic E-state index is 0.0433. The predicted octanol–water partition coefficient (Wildman–Crippen LogP) is 2.76. The van der Waals surface area contributed by atoms with Crippen molar-refractivity contribution in [1.29, 1.82) is 0 Å². The van der Waals surface area contributed by atoms with Crippen molar-refractivity contribution in [3.05, 3.63) is 29.8 Å². The normalized spacial score (nSPS) is 17.2. The highest BCUT2D eigenvalue weighted by Gasteiger charge is 2.30. The average molecular weight is 416 g/mol. The summed E-state index contributed by atoms with van der Waals surface area (Å²) in [7, 11) is 0. The number of amides is 5. The molecule has 2 aliphatic rings. The lowest BCUT2D eigenvalue weighted by Crippen LogP contribution is -2.47. The molecule has 2 saturated heterocycles. The summed E-state index contributed by atoms with van der Waals surface area (Å²) in [5.74, 6) is -0.00455. The highest BCUT2D eigenvalue weighted by molar-refractivity contribution is 5.89. The van der Waals surface area contributed by atoms with E-state index in [2.05, 4.69) is 16.0 Å². The molecule has 0 atom stereocenters. The third kappa shape index (κ3) is 6.11. The number of anilines is 1. The number of benzene rings is 1. The zero-order valence-electron chi connectivity index (χ0n) is 17.9. The molecular formula is C22H33N5O3. The Morgan fingerprint density at radius 1 is 0.967 bits per heavy atom. The van der Waals surface area contributed by atoms with Crippen molar-refractivity contribution in [2.75, 3.05) is 31.5 Å². The van der Waals surface area contributed by atoms with Crippen molar-refractivity contribution in [3.8, 4) is 0 Å². The molecule has 164 valence electrons. The van der Waals surface area contributed by atoms with E-state index in [0.717, 1.165) is 31.5 Å². The maximum Gasteiger partial charge on any atom is 0.319 e. The lowest BCUT2D eigenvalue weighted by molar-refractivity contribution is -0.126. The van der Waals surface area contributed by atoms with Crippen molar-refractivity contribution < 1.29 is 14.4 Å². The predicted molar refractivity (Wildman–Crippen MR) is 116 cm³/mol. The summed E-state index contributed by atoms with van der Waals surface area (Å²) in [4.78, 5) is 40.5. The Labute approximate surface area is 178 Å². The van der Waals surface area contributed by atoms with Crippen LogP contribution < -0.4 is 16.0 Å². The molecule has 1 aromatic rings. The molecule has 8 heteroatoms. The maximum atomic E-state index is 12.5. The molecule has 3 rings (SSSR count). The van der Waals surface area contributed by atoms with Gasteiger partial charge in [-0.25, -0.2) is 9.59 Å². The fourth-order valence-corrected chi connectivity index (χ4v) is 3.91. The van der Waals surface area contributed by atoms with Gasteiger partial charge in [0.05, 0.1) is 0 Å². The van der Waals surface area contributed by atoms with Crippen molar-refractivity contribution in [2.24, 2.45) is 5.92 Å². The first kappa shape index (κ1) is 21.9. The summed E-state index contributed by atoms with van der Waals surface area (Å²) in [5, 5.41) is 8.55. The highest BCUT2D eigenvalue weighted by Crippen LogP contribution is 2.20. The van der Waals surface area contributed by atoms with Crippen LogP contribution in [0.2, 0.25) is 0 Å². The van der Waals surface area contributed by atoms with Gasteiger partial charge in [0, 0.05) is 50.4 Å². The fourth-order valence-electron chi connectivity index (χ4n) is 3.91. The van der Waals surface area contributed by atoms with E-state index in [9.17, 15) is 14.4 Å². The quantitative estimate of drug-likeness (QED) is 0.690. The molecule has 0 unspecified atom stereocenters. The third-order valence-corrected chi connectivity index (χ3v) is 5.61. The van der Waals surface area contributed by atoms with Crippen LogP contribution in [0.3, 0.4) is 0 Å². The first-order valence-electron chi connectivity index (χ1n) is 10.9. The van der Waals surface area contributed by atoms with Crippen LogP contribution in [0, 0.1) is 5.92 Å². The maximum absolute atomic E-state index is 12.5. The van der Waals surface area contributed by atoms with E-state index in [1.807, 2.05) is 47.9 Å². The van der Waals surface area contributed by atoms with Crippen LogP contribution in [0.15, 0.2) is 24.3 Å². The molecule has 8 nitrogen and oxygen atoms in total. The molecular weight excluding hydrogens is 382 g/mol. The van der Waals surface area contributed by atoms with Crippen LogP contribution in [0.1, 0.15) is 45.1 Å². The van der Waals surface area contributed by atoms with Gasteiger partial charge in [-0.15, -0.1) is 0 Å². The largest absolute Gasteiger partial charge is 0.352 e. The third-order valence-electron chi connectivity index (χ3n) is 5.61. The van der Waals surface area contributed by atoms with Crippen molar-refractivity contribution >= 4 is 23.7 Å². The first-order chi connectivity index (χ1) is 14.4. The number of nitrogens with zero attached hydrogens (tertiary/aromatic N) is 2. The van der Waals surface area contributed by atoms with Gasteiger partial charge >= 0.3 is 12.1 Å². The number of carbonyl (C=O) groups is 3. The summed E-state index contributed by atoms with van der Waals surface area (Å²) in [6.45, 7) is 7.26. The molecule has 0 aliphatic carbocycles. The molecule has 1 aromatic carbocycles. The Balaban J connectivity index is 1.39. The Bertz CT molecular complexity index is 736. The van der Waals surface area contributed by atoms with Gasteiger partial charge in [0.15, 0.2) is 0 Å². The Hall–Kier alpha value is -2.77. The summed E-state index contributed by atoms with van der Waals surface area (Å²) >= 11 is 0. The lowest BCUT2D eigenvalue weighted by Gasteiger charge is -2.34. The van der Waals surface area contributed by atoms with Crippen LogP contribution in [0.25, 0.3) is 0 Å². The lowest BCUT2D eigenvalue weighted by atomic mass is 9.96. The number of nitrogens with one attached hydrogen (secondary N) is 3. The van der Waals surface area contributed by atoms with Crippen LogP contribution >= 0.6 is 0 Å². The molecule has 2 aliphatic heterocycles. The number of urea groups is 2. The number of hydrogen-bond donors (Lipinski definition) is 3. The SMILES string of the molecule is CC(C)NC(=O)Nc1ccc(CNC(=O)C2CCN(C(=O)N3CCCC3)CC2)cc1. The molecule has 0 spiro atoms. The molecule has 0 bridgehead atoms. The average Bonchev–Trinajstić information content (AvgIpc) is 3.27. The zero-order valence-corrected chi connectivity index (χ0v) is 17.9. The van der Waals surface area contributed by atoms with Gasteiger partial charge in [0.1, 0.15) is 0 Å². The van der Waals surface area contributed by atoms with E-state index in [1.54, 1.807) is 0 Å². The summed E-state index contributed by atoms with van der Waals surface area (Å²) in [5.41, 5.74) is 1.68. The molecule has 2 fully saturated rings. The molecule has 0 saturated carbocycles. The molecule has 0 radical (unpaired) electrons. The van der Waals surface area contributed by atoms with Crippen LogP contribution in [0.4, 0.5) is 15.3 Å². The minimum Gasteiger partial charge on any atom is -0.352 e. The molecule has 0 aromatic heterocycles. The topological polar surface area (TPSA) is 93.8 Å². The molecule has 30 heavy (non-hydrogen) atoms. The first-order valence-corrected chi connectivity index (χ1v) is 10.9. The van der Waals surface area contributed by atoms with E-state index >= 15 is 0 Å². The molecule has 2 heterocycles. The van der Waals surface area contributed by atoms with Gasteiger partial charge < -0.3 is 25.8 Å². The Kier molecular flexibility index (Phi) is 7.54. The second-order valence-electron chi connectivity index (χ2n) is 8.41. The van der Waals surface area contributed by atoms with Crippen molar-refractivity contribution in [1.82, 2.24) is 20.4 Å². The van der Waals surface area contributed by atoms with E-state index in [0.29, 0.717) is 38.2 Å². The second-order valence-corrected chi connectivity index (χ2v) is 8.41. The number of hydrogen-bond acceptors (Lipinski definition) is 3. The van der Waals surface area contributed by atoms with E-state index in [-0.39, 0.29) is 29.9 Å². The van der Waals surface area contributed by atoms with Gasteiger partial charge in [-0.05, 0) is 57.2 Å². The van der Waals surface area contributed by atoms with Crippen molar-refractivity contribution in [2.45, 2.75) is 52.1 Å². The van der Waals surface area contributed by atoms with Gasteiger partial charge in [0.25, 0.3) is 0 Å². The van der Waals surface area contributed by atoms with Crippen LogP contribution in [0.5, 0.6) is 0 Å². The van der Waals surface area contributed by atoms with Gasteiger partial charge in [-0.1, -0.05) is 12.1 Å². The van der Waals surface area contributed by atoms with Gasteiger partial charge in [-0.2, -0.15) is 0 Å². The zero-order chi connectivity index (χ0) is 21.5. The van der Waals surface area contributed by atoms with Crippen LogP contribution in [-0.4, -0.2) is 60.0 Å². The van der Waals surface area contributed by atoms with Gasteiger partial charge in [0.2, 0.25) is 5.91 Å². The molecule has 3 N–H and O–H groups in total. The number of carbonyl (C=O) groups excluding carboxylic acids is 3. The number of likely N-dealkylation sites (tertiary alicyclic amines) is 2. The number of piperidine rings is 1. The summed E-state index contributed by atoms with van der Waals surface area (Å²) in [6.07, 6.45) is 3.60. The van der Waals surface area contributed by atoms with Crippen molar-refractivity contribution in [3.63, 3.8) is 0 Å². The summed E-state index contributed by atoms with van der Waals surface area (Å²) < 4.78 is 0. The highest BCUT2D eigenvalue weighted by atomic mass is 16.2. The van der Waals surface area contributed by atoms with E-state index < -0.39 is 0 Å². The monoisotopic (exact) mass is 415 g/mol. The van der Waals surface area contributed by atoms with Crippen LogP contribution in [-0.2, 0) is 11.3 Å². The number of rotatable bonds is 5. The Morgan fingerprint density at radius 2 is 1.57 bits per heavy atom. The summed E-state index contributed by atoms with van der Waals surface area (Å²) in [6, 6.07) is 7.39. The smallest absolute Gasteiger partial charge is 0.319 e. The minimum atomic E-state index is -0.236. The molecule has 5 amide bonds. The van der Waals surface area contributed by atoms with Gasteiger partial charge in [-0.3, -0.25) is 4.79 Å². The standard InChI is InChI=1S/C22H33N5O3/c1-16(2)24-21(29)25-19-7-5-17(6-8-19)15-23-20(28)18-9-13-27(14-10-18)22(30)26-11-3-4-12-26/h5-8,16,18H,3-4,9-15H2,1-2H3,(H,23,28)(H2,24,25,29). The fraction of sp³-hybridized carbons (Fsp3) is 0.591. The second kappa shape index (κ2) is 10.3.